The Kier molecular flexibility index (Phi) is 2.30. The number of hydrogen-bond donors (Lipinski definition) is 0. The molecular formula is C10H12ClNO3S. The summed E-state index contributed by atoms with van der Waals surface area (Å²) in [5.74, 6) is 1.81. The normalized spacial score (nSPS) is 28.1. The Labute approximate surface area is 98.4 Å². The van der Waals surface area contributed by atoms with Crippen LogP contribution in [0.2, 0.25) is 0 Å². The van der Waals surface area contributed by atoms with Gasteiger partial charge < -0.3 is 4.52 Å². The molecule has 0 aliphatic heterocycles. The summed E-state index contributed by atoms with van der Waals surface area (Å²) >= 11 is 0. The minimum atomic E-state index is -3.55. The second-order valence-corrected chi connectivity index (χ2v) is 7.51. The maximum absolute atomic E-state index is 11.1. The molecule has 2 aliphatic rings. The Balaban J connectivity index is 2.00. The van der Waals surface area contributed by atoms with E-state index in [-0.39, 0.29) is 5.75 Å². The largest absolute Gasteiger partial charge is 0.361 e. The smallest absolute Gasteiger partial charge is 0.238 e. The molecule has 0 amide bonds. The lowest BCUT2D eigenvalue weighted by Gasteiger charge is -2.17. The van der Waals surface area contributed by atoms with Crippen molar-refractivity contribution in [3.05, 3.63) is 17.0 Å². The van der Waals surface area contributed by atoms with E-state index in [9.17, 15) is 8.42 Å². The van der Waals surface area contributed by atoms with Crippen molar-refractivity contribution in [3.8, 4) is 0 Å². The van der Waals surface area contributed by atoms with Crippen LogP contribution in [0.1, 0.15) is 42.2 Å². The van der Waals surface area contributed by atoms with Crippen molar-refractivity contribution in [2.45, 2.75) is 37.4 Å². The minimum Gasteiger partial charge on any atom is -0.361 e. The summed E-state index contributed by atoms with van der Waals surface area (Å²) in [6.07, 6.45) is 4.38. The number of fused-ring (bicyclic) bond motifs is 4. The zero-order valence-electron chi connectivity index (χ0n) is 8.65. The van der Waals surface area contributed by atoms with E-state index in [0.717, 1.165) is 30.6 Å². The number of hydrogen-bond acceptors (Lipinski definition) is 4. The van der Waals surface area contributed by atoms with E-state index in [1.165, 1.54) is 6.42 Å². The second kappa shape index (κ2) is 3.47. The van der Waals surface area contributed by atoms with Crippen molar-refractivity contribution in [1.82, 2.24) is 5.16 Å². The van der Waals surface area contributed by atoms with E-state index in [0.29, 0.717) is 17.5 Å². The van der Waals surface area contributed by atoms with Crippen LogP contribution in [0, 0.1) is 5.92 Å². The predicted octanol–water partition coefficient (Wildman–Crippen LogP) is 2.18. The fourth-order valence-corrected chi connectivity index (χ4v) is 3.88. The van der Waals surface area contributed by atoms with E-state index < -0.39 is 9.05 Å². The van der Waals surface area contributed by atoms with Crippen molar-refractivity contribution in [2.75, 3.05) is 0 Å². The van der Waals surface area contributed by atoms with Gasteiger partial charge in [-0.05, 0) is 31.1 Å². The van der Waals surface area contributed by atoms with E-state index in [2.05, 4.69) is 5.16 Å². The molecule has 0 spiro atoms. The summed E-state index contributed by atoms with van der Waals surface area (Å²) in [6, 6.07) is 0. The average molecular weight is 262 g/mol. The van der Waals surface area contributed by atoms with E-state index in [1.54, 1.807) is 0 Å². The summed E-state index contributed by atoms with van der Waals surface area (Å²) in [7, 11) is 1.71. The van der Waals surface area contributed by atoms with Gasteiger partial charge in [-0.25, -0.2) is 8.42 Å². The van der Waals surface area contributed by atoms with Gasteiger partial charge in [0.1, 0.15) is 17.2 Å². The lowest BCUT2D eigenvalue weighted by Crippen LogP contribution is -2.10. The molecule has 1 heterocycles. The summed E-state index contributed by atoms with van der Waals surface area (Å²) in [4.78, 5) is 0. The minimum absolute atomic E-state index is 0.214. The van der Waals surface area contributed by atoms with Crippen LogP contribution in [0.15, 0.2) is 4.52 Å². The molecule has 16 heavy (non-hydrogen) atoms. The van der Waals surface area contributed by atoms with Gasteiger partial charge in [0.25, 0.3) is 0 Å². The van der Waals surface area contributed by atoms with Gasteiger partial charge in [-0.3, -0.25) is 0 Å². The predicted molar refractivity (Wildman–Crippen MR) is 58.8 cm³/mol. The Bertz CT molecular complexity index is 522. The first-order chi connectivity index (χ1) is 7.53. The first-order valence-corrected chi connectivity index (χ1v) is 7.90. The molecule has 2 atom stereocenters. The first-order valence-electron chi connectivity index (χ1n) is 5.42. The van der Waals surface area contributed by atoms with Crippen molar-refractivity contribution < 1.29 is 12.9 Å². The van der Waals surface area contributed by atoms with E-state index in [4.69, 9.17) is 15.2 Å². The molecule has 88 valence electrons. The van der Waals surface area contributed by atoms with Crippen LogP contribution < -0.4 is 0 Å². The van der Waals surface area contributed by atoms with Crippen LogP contribution in [-0.4, -0.2) is 13.6 Å². The average Bonchev–Trinajstić information content (AvgIpc) is 2.71. The van der Waals surface area contributed by atoms with Gasteiger partial charge >= 0.3 is 0 Å². The van der Waals surface area contributed by atoms with Gasteiger partial charge in [0.15, 0.2) is 0 Å². The Morgan fingerprint density at radius 1 is 1.44 bits per heavy atom. The number of rotatable bonds is 2. The molecule has 1 aromatic heterocycles. The standard InChI is InChI=1S/C10H12ClNO3S/c11-16(13,14)5-8-10-7-2-1-6(3-7)4-9(10)15-12-8/h6-7H,1-5H2/t6-,7+/m1/s1. The lowest BCUT2D eigenvalue weighted by molar-refractivity contribution is 0.346. The number of aromatic nitrogens is 1. The second-order valence-electron chi connectivity index (χ2n) is 4.73. The Morgan fingerprint density at radius 2 is 2.25 bits per heavy atom. The zero-order valence-corrected chi connectivity index (χ0v) is 10.2. The molecule has 0 aromatic carbocycles. The highest BCUT2D eigenvalue weighted by atomic mass is 35.7. The van der Waals surface area contributed by atoms with Gasteiger partial charge in [0.2, 0.25) is 9.05 Å². The highest BCUT2D eigenvalue weighted by Gasteiger charge is 2.38. The summed E-state index contributed by atoms with van der Waals surface area (Å²) in [5, 5.41) is 3.86. The third-order valence-electron chi connectivity index (χ3n) is 3.61. The molecular weight excluding hydrogens is 250 g/mol. The fourth-order valence-electron chi connectivity index (χ4n) is 3.03. The Hall–Kier alpha value is -0.550. The van der Waals surface area contributed by atoms with Crippen LogP contribution in [0.4, 0.5) is 0 Å². The van der Waals surface area contributed by atoms with Gasteiger partial charge in [0, 0.05) is 22.7 Å². The molecule has 2 bridgehead atoms. The quantitative estimate of drug-likeness (QED) is 0.766. The summed E-state index contributed by atoms with van der Waals surface area (Å²) in [5.41, 5.74) is 1.55. The van der Waals surface area contributed by atoms with E-state index >= 15 is 0 Å². The molecule has 3 rings (SSSR count). The van der Waals surface area contributed by atoms with Gasteiger partial charge in [0.05, 0.1) is 0 Å². The third-order valence-corrected chi connectivity index (χ3v) is 4.56. The van der Waals surface area contributed by atoms with Gasteiger partial charge in [-0.1, -0.05) is 5.16 Å². The highest BCUT2D eigenvalue weighted by molar-refractivity contribution is 8.13. The molecule has 0 saturated heterocycles. The Morgan fingerprint density at radius 3 is 3.00 bits per heavy atom. The lowest BCUT2D eigenvalue weighted by atomic mass is 9.86. The van der Waals surface area contributed by atoms with Crippen molar-refractivity contribution in [2.24, 2.45) is 5.92 Å². The van der Waals surface area contributed by atoms with Crippen LogP contribution in [0.3, 0.4) is 0 Å². The molecule has 0 radical (unpaired) electrons. The van der Waals surface area contributed by atoms with E-state index in [1.807, 2.05) is 0 Å². The summed E-state index contributed by atoms with van der Waals surface area (Å²) in [6.45, 7) is 0. The molecule has 2 aliphatic carbocycles. The van der Waals surface area contributed by atoms with Gasteiger partial charge in [-0.2, -0.15) is 0 Å². The molecule has 0 unspecified atom stereocenters. The first kappa shape index (κ1) is 10.6. The van der Waals surface area contributed by atoms with Crippen molar-refractivity contribution in [3.63, 3.8) is 0 Å². The molecule has 1 saturated carbocycles. The zero-order chi connectivity index (χ0) is 11.3. The summed E-state index contributed by atoms with van der Waals surface area (Å²) < 4.78 is 27.4. The maximum Gasteiger partial charge on any atom is 0.238 e. The van der Waals surface area contributed by atoms with Crippen molar-refractivity contribution >= 4 is 19.7 Å². The number of nitrogens with zero attached hydrogens (tertiary/aromatic N) is 1. The van der Waals surface area contributed by atoms with Gasteiger partial charge in [-0.15, -0.1) is 0 Å². The van der Waals surface area contributed by atoms with Crippen LogP contribution in [0.25, 0.3) is 0 Å². The molecule has 0 N–H and O–H groups in total. The SMILES string of the molecule is O=S(=O)(Cl)Cc1noc2c1[C@H]1CC[C@@H](C2)C1. The van der Waals surface area contributed by atoms with Crippen LogP contribution in [0.5, 0.6) is 0 Å². The molecule has 1 aromatic rings. The molecule has 1 fully saturated rings. The maximum atomic E-state index is 11.1. The van der Waals surface area contributed by atoms with Crippen LogP contribution in [-0.2, 0) is 21.2 Å². The highest BCUT2D eigenvalue weighted by Crippen LogP contribution is 2.47. The fraction of sp³-hybridized carbons (Fsp3) is 0.700. The third kappa shape index (κ3) is 1.76. The van der Waals surface area contributed by atoms with Crippen molar-refractivity contribution in [1.29, 1.82) is 0 Å². The molecule has 4 nitrogen and oxygen atoms in total. The number of halogens is 1. The molecule has 6 heteroatoms. The monoisotopic (exact) mass is 261 g/mol. The topological polar surface area (TPSA) is 60.2 Å². The van der Waals surface area contributed by atoms with Crippen LogP contribution >= 0.6 is 10.7 Å².